The number of nitrogens with zero attached hydrogens (tertiary/aromatic N) is 1. The third-order valence-electron chi connectivity index (χ3n) is 3.54. The molecule has 1 heterocycles. The lowest BCUT2D eigenvalue weighted by atomic mass is 10.2. The number of rotatable bonds is 6. The van der Waals surface area contributed by atoms with Crippen LogP contribution in [0.3, 0.4) is 0 Å². The number of ether oxygens (including phenoxy) is 2. The summed E-state index contributed by atoms with van der Waals surface area (Å²) in [6.07, 6.45) is 0.962. The van der Waals surface area contributed by atoms with Gasteiger partial charge < -0.3 is 13.9 Å². The predicted molar refractivity (Wildman–Crippen MR) is 90.5 cm³/mol. The summed E-state index contributed by atoms with van der Waals surface area (Å²) in [5, 5.41) is 2.58. The molecular weight excluding hydrogens is 308 g/mol. The van der Waals surface area contributed by atoms with Gasteiger partial charge in [0, 0.05) is 6.07 Å². The molecule has 0 spiro atoms. The van der Waals surface area contributed by atoms with Crippen LogP contribution in [-0.2, 0) is 11.2 Å². The van der Waals surface area contributed by atoms with E-state index in [-0.39, 0.29) is 18.5 Å². The Morgan fingerprint density at radius 3 is 2.62 bits per heavy atom. The molecule has 3 rings (SSSR count). The molecule has 124 valence electrons. The van der Waals surface area contributed by atoms with Crippen molar-refractivity contribution in [1.29, 1.82) is 0 Å². The Balaban J connectivity index is 1.59. The number of oxazole rings is 1. The molecule has 3 aromatic rings. The van der Waals surface area contributed by atoms with E-state index >= 15 is 0 Å². The zero-order valence-electron chi connectivity index (χ0n) is 13.5. The molecule has 2 aromatic carbocycles. The fourth-order valence-electron chi connectivity index (χ4n) is 2.21. The fourth-order valence-corrected chi connectivity index (χ4v) is 2.21. The molecule has 0 atom stereocenters. The highest BCUT2D eigenvalue weighted by Crippen LogP contribution is 2.23. The van der Waals surface area contributed by atoms with Crippen molar-refractivity contribution in [2.45, 2.75) is 13.3 Å². The summed E-state index contributed by atoms with van der Waals surface area (Å²) in [4.78, 5) is 16.1. The average molecular weight is 326 g/mol. The van der Waals surface area contributed by atoms with Gasteiger partial charge in [0.2, 0.25) is 0 Å². The number of aromatic nitrogens is 1. The van der Waals surface area contributed by atoms with Crippen LogP contribution in [0, 0.1) is 0 Å². The molecule has 1 amide bonds. The number of benzene rings is 2. The second-order valence-corrected chi connectivity index (χ2v) is 5.19. The Labute approximate surface area is 139 Å². The third kappa shape index (κ3) is 3.65. The van der Waals surface area contributed by atoms with Crippen molar-refractivity contribution in [3.63, 3.8) is 0 Å². The van der Waals surface area contributed by atoms with Gasteiger partial charge in [-0.25, -0.2) is 0 Å². The second kappa shape index (κ2) is 7.04. The molecule has 0 aliphatic carbocycles. The first-order chi connectivity index (χ1) is 11.7. The molecule has 0 saturated heterocycles. The minimum Gasteiger partial charge on any atom is -0.497 e. The van der Waals surface area contributed by atoms with E-state index in [9.17, 15) is 4.79 Å². The fraction of sp³-hybridized carbons (Fsp3) is 0.222. The van der Waals surface area contributed by atoms with Gasteiger partial charge >= 0.3 is 6.01 Å². The molecule has 0 aliphatic rings. The number of hydrogen-bond donors (Lipinski definition) is 1. The summed E-state index contributed by atoms with van der Waals surface area (Å²) >= 11 is 0. The van der Waals surface area contributed by atoms with E-state index in [1.165, 1.54) is 5.56 Å². The van der Waals surface area contributed by atoms with Gasteiger partial charge in [0.15, 0.2) is 12.2 Å². The van der Waals surface area contributed by atoms with Crippen LogP contribution in [0.25, 0.3) is 11.1 Å². The van der Waals surface area contributed by atoms with Crippen LogP contribution >= 0.6 is 0 Å². The number of anilines is 1. The lowest BCUT2D eigenvalue weighted by Gasteiger charge is -2.06. The van der Waals surface area contributed by atoms with Crippen LogP contribution in [0.4, 0.5) is 6.01 Å². The van der Waals surface area contributed by atoms with Gasteiger partial charge in [-0.05, 0) is 36.2 Å². The molecule has 24 heavy (non-hydrogen) atoms. The molecule has 6 heteroatoms. The van der Waals surface area contributed by atoms with E-state index < -0.39 is 0 Å². The molecule has 0 fully saturated rings. The van der Waals surface area contributed by atoms with Crippen molar-refractivity contribution in [3.05, 3.63) is 48.0 Å². The monoisotopic (exact) mass is 326 g/mol. The van der Waals surface area contributed by atoms with E-state index in [0.29, 0.717) is 22.6 Å². The molecule has 1 aromatic heterocycles. The van der Waals surface area contributed by atoms with Crippen molar-refractivity contribution >= 4 is 23.0 Å². The minimum absolute atomic E-state index is 0.118. The van der Waals surface area contributed by atoms with Crippen molar-refractivity contribution in [2.24, 2.45) is 0 Å². The van der Waals surface area contributed by atoms with Crippen LogP contribution < -0.4 is 14.8 Å². The van der Waals surface area contributed by atoms with E-state index in [2.05, 4.69) is 17.2 Å². The van der Waals surface area contributed by atoms with Crippen LogP contribution in [0.15, 0.2) is 46.9 Å². The lowest BCUT2D eigenvalue weighted by Crippen LogP contribution is -2.20. The van der Waals surface area contributed by atoms with Crippen molar-refractivity contribution in [3.8, 4) is 11.5 Å². The molecular formula is C18H18N2O4. The average Bonchev–Trinajstić information content (AvgIpc) is 3.01. The zero-order chi connectivity index (χ0) is 16.9. The summed E-state index contributed by atoms with van der Waals surface area (Å²) in [7, 11) is 1.57. The number of fused-ring (bicyclic) bond motifs is 1. The lowest BCUT2D eigenvalue weighted by molar-refractivity contribution is -0.118. The van der Waals surface area contributed by atoms with Gasteiger partial charge in [-0.15, -0.1) is 0 Å². The molecule has 0 aliphatic heterocycles. The van der Waals surface area contributed by atoms with E-state index in [1.807, 2.05) is 24.3 Å². The number of amides is 1. The maximum absolute atomic E-state index is 11.9. The number of carbonyl (C=O) groups is 1. The highest BCUT2D eigenvalue weighted by molar-refractivity contribution is 5.91. The van der Waals surface area contributed by atoms with Gasteiger partial charge in [0.05, 0.1) is 7.11 Å². The predicted octanol–water partition coefficient (Wildman–Crippen LogP) is 3.42. The Morgan fingerprint density at radius 1 is 1.17 bits per heavy atom. The summed E-state index contributed by atoms with van der Waals surface area (Å²) in [5.74, 6) is 0.966. The van der Waals surface area contributed by atoms with E-state index in [0.717, 1.165) is 6.42 Å². The zero-order valence-corrected chi connectivity index (χ0v) is 13.5. The number of nitrogens with one attached hydrogen (secondary N) is 1. The normalized spacial score (nSPS) is 10.6. The second-order valence-electron chi connectivity index (χ2n) is 5.19. The maximum Gasteiger partial charge on any atom is 0.302 e. The van der Waals surface area contributed by atoms with Gasteiger partial charge in [0.25, 0.3) is 5.91 Å². The van der Waals surface area contributed by atoms with Gasteiger partial charge in [0.1, 0.15) is 17.0 Å². The number of hydrogen-bond acceptors (Lipinski definition) is 5. The summed E-state index contributed by atoms with van der Waals surface area (Å²) in [6, 6.07) is 13.0. The molecule has 0 unspecified atom stereocenters. The Bertz CT molecular complexity index is 840. The van der Waals surface area contributed by atoms with Crippen molar-refractivity contribution in [1.82, 2.24) is 4.98 Å². The number of carbonyl (C=O) groups excluding carboxylic acids is 1. The van der Waals surface area contributed by atoms with Crippen molar-refractivity contribution < 1.29 is 18.7 Å². The largest absolute Gasteiger partial charge is 0.497 e. The third-order valence-corrected chi connectivity index (χ3v) is 3.54. The quantitative estimate of drug-likeness (QED) is 0.751. The molecule has 6 nitrogen and oxygen atoms in total. The molecule has 1 N–H and O–H groups in total. The maximum atomic E-state index is 11.9. The van der Waals surface area contributed by atoms with Crippen molar-refractivity contribution in [2.75, 3.05) is 19.0 Å². The van der Waals surface area contributed by atoms with Crippen LogP contribution in [0.5, 0.6) is 11.5 Å². The molecule has 0 bridgehead atoms. The van der Waals surface area contributed by atoms with Crippen LogP contribution in [0.1, 0.15) is 12.5 Å². The van der Waals surface area contributed by atoms with Gasteiger partial charge in [-0.3, -0.25) is 10.1 Å². The Morgan fingerprint density at radius 2 is 1.92 bits per heavy atom. The number of methoxy groups -OCH3 is 1. The minimum atomic E-state index is -0.340. The number of aryl methyl sites for hydroxylation is 1. The highest BCUT2D eigenvalue weighted by atomic mass is 16.5. The Hall–Kier alpha value is -3.02. The standard InChI is InChI=1S/C18H18N2O4/c1-3-12-4-6-13(7-5-12)23-11-17(21)20-18-19-15-9-8-14(22-2)10-16(15)24-18/h4-10H,3,11H2,1-2H3,(H,19,20,21). The molecule has 0 saturated carbocycles. The summed E-state index contributed by atoms with van der Waals surface area (Å²) in [6.45, 7) is 1.97. The summed E-state index contributed by atoms with van der Waals surface area (Å²) < 4.78 is 16.1. The smallest absolute Gasteiger partial charge is 0.302 e. The van der Waals surface area contributed by atoms with E-state index in [4.69, 9.17) is 13.9 Å². The van der Waals surface area contributed by atoms with E-state index in [1.54, 1.807) is 25.3 Å². The van der Waals surface area contributed by atoms with Crippen LogP contribution in [-0.4, -0.2) is 24.6 Å². The highest BCUT2D eigenvalue weighted by Gasteiger charge is 2.11. The first kappa shape index (κ1) is 15.9. The topological polar surface area (TPSA) is 73.6 Å². The molecule has 0 radical (unpaired) electrons. The SMILES string of the molecule is CCc1ccc(OCC(=O)Nc2nc3ccc(OC)cc3o2)cc1. The van der Waals surface area contributed by atoms with Gasteiger partial charge in [-0.2, -0.15) is 4.98 Å². The first-order valence-electron chi connectivity index (χ1n) is 7.64. The first-order valence-corrected chi connectivity index (χ1v) is 7.64. The summed E-state index contributed by atoms with van der Waals surface area (Å²) in [5.41, 5.74) is 2.40. The Kier molecular flexibility index (Phi) is 4.65. The van der Waals surface area contributed by atoms with Crippen LogP contribution in [0.2, 0.25) is 0 Å². The van der Waals surface area contributed by atoms with Gasteiger partial charge in [-0.1, -0.05) is 19.1 Å².